The predicted molar refractivity (Wildman–Crippen MR) is 71.6 cm³/mol. The summed E-state index contributed by atoms with van der Waals surface area (Å²) in [5.74, 6) is 0.880. The smallest absolute Gasteiger partial charge is 0.134 e. The summed E-state index contributed by atoms with van der Waals surface area (Å²) < 4.78 is 9.80. The number of hydrogen-bond donors (Lipinski definition) is 1. The molecule has 0 aliphatic rings. The highest BCUT2D eigenvalue weighted by atomic mass is 32.1. The molecule has 3 rings (SSSR count). The minimum absolute atomic E-state index is 0.0267. The van der Waals surface area contributed by atoms with Crippen LogP contribution in [0.25, 0.3) is 11.0 Å². The Kier molecular flexibility index (Phi) is 3.08. The molecule has 0 spiro atoms. The second-order valence-corrected chi connectivity index (χ2v) is 4.62. The lowest BCUT2D eigenvalue weighted by molar-refractivity contribution is 0.471. The first-order valence-corrected chi connectivity index (χ1v) is 6.71. The molecule has 2 heterocycles. The summed E-state index contributed by atoms with van der Waals surface area (Å²) in [6, 6.07) is 10.0. The van der Waals surface area contributed by atoms with Gasteiger partial charge in [-0.15, -0.1) is 5.10 Å². The summed E-state index contributed by atoms with van der Waals surface area (Å²) in [6.07, 6.45) is 0. The van der Waals surface area contributed by atoms with E-state index in [-0.39, 0.29) is 6.04 Å². The summed E-state index contributed by atoms with van der Waals surface area (Å²) in [6.45, 7) is 2.91. The van der Waals surface area contributed by atoms with Crippen LogP contribution in [0.4, 0.5) is 0 Å². The van der Waals surface area contributed by atoms with Gasteiger partial charge >= 0.3 is 0 Å². The first-order valence-electron chi connectivity index (χ1n) is 5.87. The first-order chi connectivity index (χ1) is 8.88. The van der Waals surface area contributed by atoms with Crippen molar-refractivity contribution in [2.45, 2.75) is 13.0 Å². The van der Waals surface area contributed by atoms with E-state index in [1.807, 2.05) is 29.6 Å². The van der Waals surface area contributed by atoms with E-state index >= 15 is 0 Å². The molecule has 2 aromatic heterocycles. The van der Waals surface area contributed by atoms with Gasteiger partial charge in [-0.1, -0.05) is 29.6 Å². The highest BCUT2D eigenvalue weighted by Gasteiger charge is 2.19. The Morgan fingerprint density at radius 2 is 2.28 bits per heavy atom. The highest BCUT2D eigenvalue weighted by molar-refractivity contribution is 7.03. The Balaban J connectivity index is 2.04. The van der Waals surface area contributed by atoms with Crippen molar-refractivity contribution in [2.75, 3.05) is 6.54 Å². The molecule has 1 N–H and O–H groups in total. The number of nitrogens with one attached hydrogen (secondary N) is 1. The van der Waals surface area contributed by atoms with Gasteiger partial charge in [0, 0.05) is 10.8 Å². The van der Waals surface area contributed by atoms with Crippen LogP contribution >= 0.6 is 11.5 Å². The molecule has 0 saturated heterocycles. The van der Waals surface area contributed by atoms with E-state index in [2.05, 4.69) is 27.9 Å². The van der Waals surface area contributed by atoms with E-state index in [1.165, 1.54) is 11.5 Å². The summed E-state index contributed by atoms with van der Waals surface area (Å²) in [4.78, 5) is 0. The normalized spacial score (nSPS) is 12.9. The standard InChI is InChI=1S/C13H13N3OS/c1-2-14-13(10-8-18-16-15-10)12-7-9-5-3-4-6-11(9)17-12/h3-8,13-14H,2H2,1H3. The van der Waals surface area contributed by atoms with Crippen LogP contribution in [0.1, 0.15) is 24.4 Å². The second kappa shape index (κ2) is 4.88. The number of aromatic nitrogens is 2. The molecular weight excluding hydrogens is 246 g/mol. The maximum Gasteiger partial charge on any atom is 0.134 e. The van der Waals surface area contributed by atoms with Gasteiger partial charge < -0.3 is 9.73 Å². The number of furan rings is 1. The first kappa shape index (κ1) is 11.4. The fourth-order valence-corrected chi connectivity index (χ4v) is 2.48. The van der Waals surface area contributed by atoms with Gasteiger partial charge in [-0.25, -0.2) is 0 Å². The van der Waals surface area contributed by atoms with Gasteiger partial charge in [0.25, 0.3) is 0 Å². The molecule has 0 fully saturated rings. The van der Waals surface area contributed by atoms with E-state index < -0.39 is 0 Å². The summed E-state index contributed by atoms with van der Waals surface area (Å²) in [5, 5.41) is 10.6. The molecule has 92 valence electrons. The molecule has 1 aromatic carbocycles. The minimum atomic E-state index is -0.0267. The van der Waals surface area contributed by atoms with Crippen molar-refractivity contribution >= 4 is 22.5 Å². The quantitative estimate of drug-likeness (QED) is 0.782. The zero-order valence-corrected chi connectivity index (χ0v) is 10.8. The van der Waals surface area contributed by atoms with Gasteiger partial charge in [0.15, 0.2) is 0 Å². The average Bonchev–Trinajstić information content (AvgIpc) is 3.04. The van der Waals surface area contributed by atoms with Crippen LogP contribution in [0.15, 0.2) is 40.1 Å². The van der Waals surface area contributed by atoms with Crippen LogP contribution in [0, 0.1) is 0 Å². The maximum absolute atomic E-state index is 5.88. The van der Waals surface area contributed by atoms with Gasteiger partial charge in [0.05, 0.1) is 0 Å². The van der Waals surface area contributed by atoms with E-state index in [0.29, 0.717) is 0 Å². The molecule has 3 aromatic rings. The monoisotopic (exact) mass is 259 g/mol. The number of nitrogens with zero attached hydrogens (tertiary/aromatic N) is 2. The van der Waals surface area contributed by atoms with E-state index in [1.54, 1.807) is 0 Å². The minimum Gasteiger partial charge on any atom is -0.459 e. The Morgan fingerprint density at radius 3 is 3.00 bits per heavy atom. The van der Waals surface area contributed by atoms with Crippen molar-refractivity contribution in [3.8, 4) is 0 Å². The number of hydrogen-bond acceptors (Lipinski definition) is 5. The van der Waals surface area contributed by atoms with Gasteiger partial charge in [0.1, 0.15) is 23.1 Å². The third-order valence-electron chi connectivity index (χ3n) is 2.81. The van der Waals surface area contributed by atoms with E-state index in [0.717, 1.165) is 29.0 Å². The molecule has 1 atom stereocenters. The summed E-state index contributed by atoms with van der Waals surface area (Å²) in [7, 11) is 0. The van der Waals surface area contributed by atoms with Crippen LogP contribution in [-0.2, 0) is 0 Å². The van der Waals surface area contributed by atoms with Crippen molar-refractivity contribution in [2.24, 2.45) is 0 Å². The Morgan fingerprint density at radius 1 is 1.39 bits per heavy atom. The molecule has 4 nitrogen and oxygen atoms in total. The zero-order chi connectivity index (χ0) is 12.4. The SMILES string of the molecule is CCNC(c1csnn1)c1cc2ccccc2o1. The lowest BCUT2D eigenvalue weighted by atomic mass is 10.1. The Labute approximate surface area is 109 Å². The molecule has 18 heavy (non-hydrogen) atoms. The molecule has 0 saturated carbocycles. The largest absolute Gasteiger partial charge is 0.459 e. The molecule has 1 unspecified atom stereocenters. The number of benzene rings is 1. The number of para-hydroxylation sites is 1. The molecule has 5 heteroatoms. The van der Waals surface area contributed by atoms with Crippen molar-refractivity contribution in [1.82, 2.24) is 14.9 Å². The second-order valence-electron chi connectivity index (χ2n) is 4.01. The summed E-state index contributed by atoms with van der Waals surface area (Å²) in [5.41, 5.74) is 1.81. The highest BCUT2D eigenvalue weighted by Crippen LogP contribution is 2.27. The molecule has 0 aliphatic carbocycles. The lowest BCUT2D eigenvalue weighted by Crippen LogP contribution is -2.21. The van der Waals surface area contributed by atoms with Crippen molar-refractivity contribution in [1.29, 1.82) is 0 Å². The van der Waals surface area contributed by atoms with Crippen molar-refractivity contribution in [3.05, 3.63) is 47.2 Å². The fourth-order valence-electron chi connectivity index (χ4n) is 2.00. The van der Waals surface area contributed by atoms with E-state index in [9.17, 15) is 0 Å². The third kappa shape index (κ3) is 2.02. The molecule has 0 bridgehead atoms. The van der Waals surface area contributed by atoms with Crippen LogP contribution in [0.3, 0.4) is 0 Å². The van der Waals surface area contributed by atoms with Gasteiger partial charge in [-0.05, 0) is 30.2 Å². The predicted octanol–water partition coefficient (Wildman–Crippen LogP) is 2.98. The lowest BCUT2D eigenvalue weighted by Gasteiger charge is -2.11. The number of fused-ring (bicyclic) bond motifs is 1. The van der Waals surface area contributed by atoms with Gasteiger partial charge in [0.2, 0.25) is 0 Å². The molecule has 0 radical (unpaired) electrons. The Hall–Kier alpha value is -1.72. The molecule has 0 aliphatic heterocycles. The van der Waals surface area contributed by atoms with E-state index in [4.69, 9.17) is 4.42 Å². The van der Waals surface area contributed by atoms with Crippen molar-refractivity contribution in [3.63, 3.8) is 0 Å². The summed E-state index contributed by atoms with van der Waals surface area (Å²) >= 11 is 1.35. The van der Waals surface area contributed by atoms with Crippen LogP contribution in [-0.4, -0.2) is 16.1 Å². The van der Waals surface area contributed by atoms with Crippen LogP contribution < -0.4 is 5.32 Å². The fraction of sp³-hybridized carbons (Fsp3) is 0.231. The number of rotatable bonds is 4. The van der Waals surface area contributed by atoms with Gasteiger partial charge in [-0.3, -0.25) is 0 Å². The van der Waals surface area contributed by atoms with Crippen LogP contribution in [0.2, 0.25) is 0 Å². The van der Waals surface area contributed by atoms with Gasteiger partial charge in [-0.2, -0.15) is 0 Å². The molecular formula is C13H13N3OS. The Bertz CT molecular complexity index is 600. The average molecular weight is 259 g/mol. The van der Waals surface area contributed by atoms with Crippen LogP contribution in [0.5, 0.6) is 0 Å². The maximum atomic E-state index is 5.88. The third-order valence-corrected chi connectivity index (χ3v) is 3.33. The van der Waals surface area contributed by atoms with Crippen molar-refractivity contribution < 1.29 is 4.42 Å². The topological polar surface area (TPSA) is 51.0 Å². The molecule has 0 amide bonds. The zero-order valence-electron chi connectivity index (χ0n) is 9.96.